The number of anilines is 2. The van der Waals surface area contributed by atoms with E-state index >= 15 is 0 Å². The molecule has 0 spiro atoms. The van der Waals surface area contributed by atoms with Gasteiger partial charge < -0.3 is 14.7 Å². The number of piperazine rings is 1. The van der Waals surface area contributed by atoms with E-state index in [1.54, 1.807) is 12.1 Å². The van der Waals surface area contributed by atoms with Gasteiger partial charge in [0.2, 0.25) is 0 Å². The molecule has 3 aromatic carbocycles. The third-order valence-corrected chi connectivity index (χ3v) is 9.20. The number of unbranched alkanes of at least 4 members (excludes halogenated alkanes) is 1. The van der Waals surface area contributed by atoms with E-state index < -0.39 is 0 Å². The van der Waals surface area contributed by atoms with E-state index in [0.29, 0.717) is 0 Å². The summed E-state index contributed by atoms with van der Waals surface area (Å²) in [6.45, 7) is 9.81. The number of fused-ring (bicyclic) bond motifs is 3. The lowest BCUT2D eigenvalue weighted by atomic mass is 9.89. The van der Waals surface area contributed by atoms with Crippen molar-refractivity contribution in [1.82, 2.24) is 14.7 Å². The highest BCUT2D eigenvalue weighted by Gasteiger charge is 2.42. The summed E-state index contributed by atoms with van der Waals surface area (Å²) in [4.78, 5) is 10.0. The first-order valence-electron chi connectivity index (χ1n) is 14.3. The molecular weight excluding hydrogens is 558 g/mol. The van der Waals surface area contributed by atoms with Crippen LogP contribution in [0.5, 0.6) is 0 Å². The Labute approximate surface area is 239 Å². The average Bonchev–Trinajstić information content (AvgIpc) is 3.25. The van der Waals surface area contributed by atoms with Gasteiger partial charge in [-0.2, -0.15) is 0 Å². The molecular formula is C32H37BrF2N4. The fraction of sp³-hybridized carbons (Fsp3) is 0.438. The van der Waals surface area contributed by atoms with Gasteiger partial charge in [-0.15, -0.1) is 0 Å². The maximum Gasteiger partial charge on any atom is 0.123 e. The van der Waals surface area contributed by atoms with Crippen LogP contribution in [-0.2, 0) is 6.54 Å². The predicted octanol–water partition coefficient (Wildman–Crippen LogP) is 6.63. The van der Waals surface area contributed by atoms with Gasteiger partial charge >= 0.3 is 0 Å². The van der Waals surface area contributed by atoms with Crippen molar-refractivity contribution in [3.05, 3.63) is 94.0 Å². The number of hydrogen-bond donors (Lipinski definition) is 0. The first-order chi connectivity index (χ1) is 19.0. The number of piperidine rings is 1. The zero-order chi connectivity index (χ0) is 26.8. The Morgan fingerprint density at radius 2 is 1.46 bits per heavy atom. The Morgan fingerprint density at radius 1 is 0.744 bits per heavy atom. The maximum absolute atomic E-state index is 14.3. The van der Waals surface area contributed by atoms with Crippen molar-refractivity contribution in [2.24, 2.45) is 0 Å². The van der Waals surface area contributed by atoms with Crippen LogP contribution in [0.25, 0.3) is 0 Å². The highest BCUT2D eigenvalue weighted by atomic mass is 79.9. The molecule has 2 saturated heterocycles. The van der Waals surface area contributed by atoms with E-state index in [9.17, 15) is 8.78 Å². The molecule has 0 amide bonds. The molecule has 0 saturated carbocycles. The van der Waals surface area contributed by atoms with Crippen LogP contribution in [0.4, 0.5) is 20.2 Å². The molecule has 0 aromatic heterocycles. The molecule has 3 aliphatic rings. The van der Waals surface area contributed by atoms with E-state index in [0.717, 1.165) is 86.7 Å². The van der Waals surface area contributed by atoms with Crippen molar-refractivity contribution in [2.45, 2.75) is 37.8 Å². The zero-order valence-electron chi connectivity index (χ0n) is 22.4. The lowest BCUT2D eigenvalue weighted by molar-refractivity contribution is 0.123. The molecule has 3 aliphatic heterocycles. The Hall–Kier alpha value is -2.32. The molecule has 0 aliphatic carbocycles. The third kappa shape index (κ3) is 6.22. The third-order valence-electron chi connectivity index (χ3n) is 8.70. The van der Waals surface area contributed by atoms with E-state index in [4.69, 9.17) is 0 Å². The minimum Gasteiger partial charge on any atom is -0.337 e. The van der Waals surface area contributed by atoms with Crippen LogP contribution in [-0.4, -0.2) is 73.1 Å². The number of likely N-dealkylation sites (tertiary alicyclic amines) is 1. The van der Waals surface area contributed by atoms with Crippen LogP contribution >= 0.6 is 15.9 Å². The fourth-order valence-corrected chi connectivity index (χ4v) is 7.16. The van der Waals surface area contributed by atoms with Crippen LogP contribution in [0.2, 0.25) is 0 Å². The molecule has 2 atom stereocenters. The van der Waals surface area contributed by atoms with Crippen LogP contribution < -0.4 is 4.90 Å². The fourth-order valence-electron chi connectivity index (χ4n) is 6.71. The molecule has 2 fully saturated rings. The van der Waals surface area contributed by atoms with Crippen molar-refractivity contribution in [1.29, 1.82) is 0 Å². The normalized spacial score (nSPS) is 22.2. The lowest BCUT2D eigenvalue weighted by Gasteiger charge is -2.39. The van der Waals surface area contributed by atoms with Gasteiger partial charge in [-0.05, 0) is 98.1 Å². The lowest BCUT2D eigenvalue weighted by Crippen LogP contribution is -2.46. The van der Waals surface area contributed by atoms with Crippen molar-refractivity contribution in [2.75, 3.05) is 57.3 Å². The molecule has 7 heteroatoms. The summed E-state index contributed by atoms with van der Waals surface area (Å²) in [6.07, 6.45) is 3.43. The second-order valence-corrected chi connectivity index (χ2v) is 12.2. The van der Waals surface area contributed by atoms with Crippen molar-refractivity contribution in [3.8, 4) is 0 Å². The van der Waals surface area contributed by atoms with Gasteiger partial charge in [0.1, 0.15) is 11.6 Å². The highest BCUT2D eigenvalue weighted by molar-refractivity contribution is 9.10. The number of rotatable bonds is 8. The Bertz CT molecular complexity index is 1260. The first-order valence-corrected chi connectivity index (χ1v) is 15.1. The van der Waals surface area contributed by atoms with E-state index in [1.165, 1.54) is 30.5 Å². The van der Waals surface area contributed by atoms with Crippen molar-refractivity contribution in [3.63, 3.8) is 0 Å². The molecule has 0 bridgehead atoms. The number of nitrogens with zero attached hydrogens (tertiary/aromatic N) is 4. The molecule has 3 heterocycles. The molecule has 0 radical (unpaired) electrons. The number of halogens is 3. The van der Waals surface area contributed by atoms with E-state index in [2.05, 4.69) is 59.8 Å². The Kier molecular flexibility index (Phi) is 8.30. The molecule has 0 N–H and O–H groups in total. The topological polar surface area (TPSA) is 13.0 Å². The minimum absolute atomic E-state index is 0.178. The molecule has 39 heavy (non-hydrogen) atoms. The second kappa shape index (κ2) is 12.0. The zero-order valence-corrected chi connectivity index (χ0v) is 24.0. The molecule has 206 valence electrons. The van der Waals surface area contributed by atoms with Gasteiger partial charge in [-0.25, -0.2) is 8.78 Å². The van der Waals surface area contributed by atoms with Crippen LogP contribution in [0.3, 0.4) is 0 Å². The van der Waals surface area contributed by atoms with Crippen LogP contribution in [0.1, 0.15) is 36.3 Å². The van der Waals surface area contributed by atoms with Gasteiger partial charge in [-0.3, -0.25) is 4.90 Å². The molecule has 4 nitrogen and oxygen atoms in total. The van der Waals surface area contributed by atoms with Gasteiger partial charge in [0, 0.05) is 73.6 Å². The monoisotopic (exact) mass is 594 g/mol. The SMILES string of the molecule is Fc1ccc(N2c3ccc(F)cc3C3CN(CCCCN4CCN(Cc5cccc(Br)c5)CC4)CCC32)cc1. The van der Waals surface area contributed by atoms with Gasteiger partial charge in [0.25, 0.3) is 0 Å². The summed E-state index contributed by atoms with van der Waals surface area (Å²) in [5, 5.41) is 0. The number of hydrogen-bond acceptors (Lipinski definition) is 4. The molecule has 6 rings (SSSR count). The second-order valence-electron chi connectivity index (χ2n) is 11.3. The van der Waals surface area contributed by atoms with Gasteiger partial charge in [0.15, 0.2) is 0 Å². The average molecular weight is 596 g/mol. The summed E-state index contributed by atoms with van der Waals surface area (Å²) >= 11 is 3.58. The molecule has 2 unspecified atom stereocenters. The largest absolute Gasteiger partial charge is 0.337 e. The summed E-state index contributed by atoms with van der Waals surface area (Å²) in [7, 11) is 0. The summed E-state index contributed by atoms with van der Waals surface area (Å²) < 4.78 is 29.0. The quantitative estimate of drug-likeness (QED) is 0.271. The summed E-state index contributed by atoms with van der Waals surface area (Å²) in [5.74, 6) is -0.138. The van der Waals surface area contributed by atoms with Gasteiger partial charge in [0.05, 0.1) is 0 Å². The van der Waals surface area contributed by atoms with Crippen LogP contribution in [0, 0.1) is 11.6 Å². The first kappa shape index (κ1) is 26.9. The predicted molar refractivity (Wildman–Crippen MR) is 158 cm³/mol. The minimum atomic E-state index is -0.230. The maximum atomic E-state index is 14.3. The Balaban J connectivity index is 0.980. The summed E-state index contributed by atoms with van der Waals surface area (Å²) in [6, 6.07) is 20.8. The highest BCUT2D eigenvalue weighted by Crippen LogP contribution is 2.48. The summed E-state index contributed by atoms with van der Waals surface area (Å²) in [5.41, 5.74) is 4.52. The van der Waals surface area contributed by atoms with E-state index in [1.807, 2.05) is 18.2 Å². The van der Waals surface area contributed by atoms with Crippen molar-refractivity contribution < 1.29 is 8.78 Å². The number of benzene rings is 3. The van der Waals surface area contributed by atoms with Crippen LogP contribution in [0.15, 0.2) is 71.2 Å². The standard InChI is InChI=1S/C32H37BrF2N4/c33-25-5-3-4-24(20-25)22-38-18-16-36(17-19-38)13-1-2-14-37-15-12-32-30(23-37)29-21-27(35)8-11-31(29)39(32)28-9-6-26(34)7-10-28/h3-11,20-21,30,32H,1-2,12-19,22-23H2. The van der Waals surface area contributed by atoms with E-state index in [-0.39, 0.29) is 23.6 Å². The smallest absolute Gasteiger partial charge is 0.123 e. The van der Waals surface area contributed by atoms with Crippen molar-refractivity contribution >= 4 is 27.3 Å². The molecule has 3 aromatic rings. The Morgan fingerprint density at radius 3 is 2.23 bits per heavy atom. The van der Waals surface area contributed by atoms with Gasteiger partial charge in [-0.1, -0.05) is 28.1 Å².